The summed E-state index contributed by atoms with van der Waals surface area (Å²) in [5.74, 6) is 0.0705. The van der Waals surface area contributed by atoms with Gasteiger partial charge >= 0.3 is 0 Å². The van der Waals surface area contributed by atoms with Gasteiger partial charge in [-0.2, -0.15) is 0 Å². The molecule has 2 fully saturated rings. The highest BCUT2D eigenvalue weighted by Gasteiger charge is 2.32. The molecule has 7 heteroatoms. The molecule has 0 aromatic heterocycles. The van der Waals surface area contributed by atoms with Gasteiger partial charge in [-0.05, 0) is 36.2 Å². The van der Waals surface area contributed by atoms with Crippen molar-refractivity contribution in [3.8, 4) is 0 Å². The Balaban J connectivity index is 1.44. The molecule has 0 bridgehead atoms. The summed E-state index contributed by atoms with van der Waals surface area (Å²) >= 11 is 12.2. The minimum absolute atomic E-state index is 0.00471. The Morgan fingerprint density at radius 1 is 1.09 bits per heavy atom. The Bertz CT molecular complexity index is 905. The van der Waals surface area contributed by atoms with E-state index in [0.29, 0.717) is 22.5 Å². The van der Waals surface area contributed by atoms with Gasteiger partial charge in [0.15, 0.2) is 0 Å². The van der Waals surface area contributed by atoms with Crippen LogP contribution in [0.1, 0.15) is 23.6 Å². The number of rotatable bonds is 7. The normalized spacial score (nSPS) is 20.9. The number of hydrogen-bond acceptors (Lipinski definition) is 4. The summed E-state index contributed by atoms with van der Waals surface area (Å²) in [6.45, 7) is 6.61. The molecule has 0 aliphatic carbocycles. The molecule has 32 heavy (non-hydrogen) atoms. The van der Waals surface area contributed by atoms with E-state index in [1.54, 1.807) is 12.1 Å². The van der Waals surface area contributed by atoms with Crippen molar-refractivity contribution in [1.29, 1.82) is 0 Å². The van der Waals surface area contributed by atoms with Crippen molar-refractivity contribution in [2.45, 2.75) is 24.9 Å². The lowest BCUT2D eigenvalue weighted by Gasteiger charge is -2.34. The number of likely N-dealkylation sites (tertiary alicyclic amines) is 1. The SMILES string of the molecule is CN(C(=O)Cc1ccc(Cl)c(Cl)c1)C(CN1CC[C@H](N2CCOCC2)C1)c1ccccc1. The van der Waals surface area contributed by atoms with E-state index in [9.17, 15) is 4.79 Å². The molecule has 2 aliphatic rings. The summed E-state index contributed by atoms with van der Waals surface area (Å²) < 4.78 is 5.51. The third-order valence-electron chi connectivity index (χ3n) is 6.63. The van der Waals surface area contributed by atoms with Crippen LogP contribution in [-0.2, 0) is 16.0 Å². The Morgan fingerprint density at radius 3 is 2.56 bits per heavy atom. The van der Waals surface area contributed by atoms with Crippen LogP contribution in [0.5, 0.6) is 0 Å². The highest BCUT2D eigenvalue weighted by Crippen LogP contribution is 2.27. The van der Waals surface area contributed by atoms with Crippen molar-refractivity contribution in [2.75, 3.05) is 53.0 Å². The minimum Gasteiger partial charge on any atom is -0.379 e. The van der Waals surface area contributed by atoms with Crippen LogP contribution in [0.15, 0.2) is 48.5 Å². The number of morpholine rings is 1. The van der Waals surface area contributed by atoms with E-state index in [0.717, 1.165) is 57.1 Å². The fourth-order valence-corrected chi connectivity index (χ4v) is 5.03. The Hall–Kier alpha value is -1.63. The first-order chi connectivity index (χ1) is 15.5. The van der Waals surface area contributed by atoms with Gasteiger partial charge in [0, 0.05) is 39.3 Å². The number of likely N-dealkylation sites (N-methyl/N-ethyl adjacent to an activating group) is 1. The lowest BCUT2D eigenvalue weighted by Crippen LogP contribution is -2.45. The number of amides is 1. The van der Waals surface area contributed by atoms with Crippen molar-refractivity contribution in [3.63, 3.8) is 0 Å². The summed E-state index contributed by atoms with van der Waals surface area (Å²) in [4.78, 5) is 20.2. The second-order valence-electron chi connectivity index (χ2n) is 8.71. The molecule has 1 amide bonds. The van der Waals surface area contributed by atoms with Gasteiger partial charge in [0.05, 0.1) is 35.7 Å². The maximum atomic E-state index is 13.2. The van der Waals surface area contributed by atoms with Gasteiger partial charge in [-0.25, -0.2) is 0 Å². The third-order valence-corrected chi connectivity index (χ3v) is 7.36. The van der Waals surface area contributed by atoms with E-state index < -0.39 is 0 Å². The second-order valence-corrected chi connectivity index (χ2v) is 9.52. The zero-order valence-corrected chi connectivity index (χ0v) is 20.1. The number of ether oxygens (including phenoxy) is 1. The van der Waals surface area contributed by atoms with E-state index in [1.807, 2.05) is 36.2 Å². The molecule has 2 aromatic carbocycles. The van der Waals surface area contributed by atoms with Crippen LogP contribution < -0.4 is 0 Å². The summed E-state index contributed by atoms with van der Waals surface area (Å²) in [6.07, 6.45) is 1.47. The molecule has 0 saturated carbocycles. The van der Waals surface area contributed by atoms with Crippen LogP contribution in [0.4, 0.5) is 0 Å². The smallest absolute Gasteiger partial charge is 0.227 e. The maximum absolute atomic E-state index is 13.2. The molecule has 2 aliphatic heterocycles. The van der Waals surface area contributed by atoms with Gasteiger partial charge in [-0.1, -0.05) is 59.6 Å². The molecule has 5 nitrogen and oxygen atoms in total. The van der Waals surface area contributed by atoms with E-state index in [4.69, 9.17) is 27.9 Å². The molecule has 0 N–H and O–H groups in total. The van der Waals surface area contributed by atoms with Crippen molar-refractivity contribution in [2.24, 2.45) is 0 Å². The summed E-state index contributed by atoms with van der Waals surface area (Å²) in [6, 6.07) is 16.3. The number of carbonyl (C=O) groups excluding carboxylic acids is 1. The quantitative estimate of drug-likeness (QED) is 0.602. The van der Waals surface area contributed by atoms with Crippen LogP contribution in [0.3, 0.4) is 0 Å². The number of carbonyl (C=O) groups is 1. The molecular weight excluding hydrogens is 445 g/mol. The van der Waals surface area contributed by atoms with Gasteiger partial charge in [0.25, 0.3) is 0 Å². The van der Waals surface area contributed by atoms with Gasteiger partial charge in [-0.15, -0.1) is 0 Å². The monoisotopic (exact) mass is 475 g/mol. The molecule has 2 atom stereocenters. The maximum Gasteiger partial charge on any atom is 0.227 e. The van der Waals surface area contributed by atoms with E-state index >= 15 is 0 Å². The standard InChI is InChI=1S/C25H31Cl2N3O2/c1-28(25(31)16-19-7-8-22(26)23(27)15-19)24(20-5-3-2-4-6-20)18-29-10-9-21(17-29)30-11-13-32-14-12-30/h2-8,15,21,24H,9-14,16-18H2,1H3/t21-,24?/m0/s1. The summed E-state index contributed by atoms with van der Waals surface area (Å²) in [5, 5.41) is 0.979. The summed E-state index contributed by atoms with van der Waals surface area (Å²) in [5.41, 5.74) is 2.03. The van der Waals surface area contributed by atoms with Gasteiger partial charge in [0.2, 0.25) is 5.91 Å². The van der Waals surface area contributed by atoms with Crippen LogP contribution in [0.25, 0.3) is 0 Å². The van der Waals surface area contributed by atoms with E-state index in [2.05, 4.69) is 21.9 Å². The topological polar surface area (TPSA) is 36.0 Å². The molecule has 4 rings (SSSR count). The fraction of sp³-hybridized carbons (Fsp3) is 0.480. The van der Waals surface area contributed by atoms with Crippen LogP contribution in [0.2, 0.25) is 10.0 Å². The first kappa shape index (κ1) is 23.5. The third kappa shape index (κ3) is 5.83. The molecule has 172 valence electrons. The minimum atomic E-state index is -0.00471. The fourth-order valence-electron chi connectivity index (χ4n) is 4.71. The summed E-state index contributed by atoms with van der Waals surface area (Å²) in [7, 11) is 1.91. The Kier molecular flexibility index (Phi) is 8.08. The molecule has 2 saturated heterocycles. The van der Waals surface area contributed by atoms with Crippen molar-refractivity contribution < 1.29 is 9.53 Å². The number of hydrogen-bond donors (Lipinski definition) is 0. The molecule has 2 aromatic rings. The van der Waals surface area contributed by atoms with Gasteiger partial charge in [-0.3, -0.25) is 14.6 Å². The van der Waals surface area contributed by atoms with Crippen LogP contribution >= 0.6 is 23.2 Å². The second kappa shape index (κ2) is 11.0. The number of benzene rings is 2. The lowest BCUT2D eigenvalue weighted by molar-refractivity contribution is -0.131. The van der Waals surface area contributed by atoms with Crippen LogP contribution in [-0.4, -0.2) is 79.6 Å². The van der Waals surface area contributed by atoms with Gasteiger partial charge in [0.1, 0.15) is 0 Å². The average Bonchev–Trinajstić information content (AvgIpc) is 3.29. The lowest BCUT2D eigenvalue weighted by atomic mass is 10.0. The largest absolute Gasteiger partial charge is 0.379 e. The van der Waals surface area contributed by atoms with E-state index in [1.165, 1.54) is 6.42 Å². The zero-order valence-electron chi connectivity index (χ0n) is 18.6. The van der Waals surface area contributed by atoms with Crippen molar-refractivity contribution >= 4 is 29.1 Å². The molecule has 1 unspecified atom stereocenters. The highest BCUT2D eigenvalue weighted by atomic mass is 35.5. The zero-order chi connectivity index (χ0) is 22.5. The average molecular weight is 476 g/mol. The highest BCUT2D eigenvalue weighted by molar-refractivity contribution is 6.42. The van der Waals surface area contributed by atoms with Crippen molar-refractivity contribution in [1.82, 2.24) is 14.7 Å². The molecule has 2 heterocycles. The first-order valence-electron chi connectivity index (χ1n) is 11.3. The Morgan fingerprint density at radius 2 is 1.84 bits per heavy atom. The van der Waals surface area contributed by atoms with Gasteiger partial charge < -0.3 is 9.64 Å². The predicted octanol–water partition coefficient (Wildman–Crippen LogP) is 4.14. The number of halogens is 2. The molecule has 0 radical (unpaired) electrons. The Labute approximate surface area is 200 Å². The van der Waals surface area contributed by atoms with Crippen molar-refractivity contribution in [3.05, 3.63) is 69.7 Å². The molecular formula is C25H31Cl2N3O2. The predicted molar refractivity (Wildman–Crippen MR) is 129 cm³/mol. The first-order valence-corrected chi connectivity index (χ1v) is 12.1. The number of nitrogens with zero attached hydrogens (tertiary/aromatic N) is 3. The van der Waals surface area contributed by atoms with E-state index in [-0.39, 0.29) is 11.9 Å². The van der Waals surface area contributed by atoms with Crippen LogP contribution in [0, 0.1) is 0 Å². The molecule has 0 spiro atoms.